The van der Waals surface area contributed by atoms with E-state index in [0.29, 0.717) is 11.6 Å². The van der Waals surface area contributed by atoms with E-state index in [1.54, 1.807) is 35.5 Å². The number of hydrogen-bond donors (Lipinski definition) is 1. The quantitative estimate of drug-likeness (QED) is 0.928. The van der Waals surface area contributed by atoms with Crippen LogP contribution >= 0.6 is 11.6 Å². The number of rotatable bonds is 4. The lowest BCUT2D eigenvalue weighted by atomic mass is 10.1. The first-order valence-electron chi connectivity index (χ1n) is 7.81. The molecule has 1 N–H and O–H groups in total. The van der Waals surface area contributed by atoms with Crippen LogP contribution in [-0.2, 0) is 9.59 Å². The molecule has 24 heavy (non-hydrogen) atoms. The highest BCUT2D eigenvalue weighted by Crippen LogP contribution is 2.27. The molecule has 1 aliphatic heterocycles. The highest BCUT2D eigenvalue weighted by Gasteiger charge is 2.35. The van der Waals surface area contributed by atoms with E-state index >= 15 is 0 Å². The maximum atomic E-state index is 12.5. The maximum Gasteiger partial charge on any atom is 0.227 e. The molecule has 2 aromatic rings. The zero-order valence-electron chi connectivity index (χ0n) is 13.3. The third-order valence-corrected chi connectivity index (χ3v) is 4.42. The van der Waals surface area contributed by atoms with Crippen LogP contribution in [0, 0.1) is 5.92 Å². The molecule has 0 unspecified atom stereocenters. The predicted molar refractivity (Wildman–Crippen MR) is 92.7 cm³/mol. The van der Waals surface area contributed by atoms with E-state index in [2.05, 4.69) is 10.3 Å². The molecule has 1 aromatic carbocycles. The summed E-state index contributed by atoms with van der Waals surface area (Å²) in [6.45, 7) is 2.28. The Bertz CT molecular complexity index is 751. The van der Waals surface area contributed by atoms with Gasteiger partial charge in [0.2, 0.25) is 11.8 Å². The minimum absolute atomic E-state index is 0.0611. The molecule has 1 aliphatic rings. The Morgan fingerprint density at radius 1 is 1.33 bits per heavy atom. The molecule has 5 nitrogen and oxygen atoms in total. The van der Waals surface area contributed by atoms with Crippen molar-refractivity contribution in [2.75, 3.05) is 11.4 Å². The number of benzene rings is 1. The van der Waals surface area contributed by atoms with Crippen LogP contribution in [0.4, 0.5) is 5.69 Å². The molecule has 3 rings (SSSR count). The van der Waals surface area contributed by atoms with Gasteiger partial charge in [-0.05, 0) is 42.8 Å². The van der Waals surface area contributed by atoms with Crippen LogP contribution in [0.5, 0.6) is 0 Å². The zero-order valence-corrected chi connectivity index (χ0v) is 14.0. The molecule has 0 spiro atoms. The Hall–Kier alpha value is -2.40. The summed E-state index contributed by atoms with van der Waals surface area (Å²) in [7, 11) is 0. The monoisotopic (exact) mass is 343 g/mol. The first-order valence-corrected chi connectivity index (χ1v) is 8.18. The Labute approximate surface area is 145 Å². The maximum absolute atomic E-state index is 12.5. The number of aromatic nitrogens is 1. The number of anilines is 1. The van der Waals surface area contributed by atoms with Crippen molar-refractivity contribution in [3.05, 3.63) is 59.4 Å². The molecule has 2 atom stereocenters. The summed E-state index contributed by atoms with van der Waals surface area (Å²) in [4.78, 5) is 30.3. The number of halogens is 1. The van der Waals surface area contributed by atoms with Crippen LogP contribution in [0.25, 0.3) is 0 Å². The van der Waals surface area contributed by atoms with E-state index in [0.717, 1.165) is 11.3 Å². The average molecular weight is 344 g/mol. The number of amides is 2. The number of hydrogen-bond acceptors (Lipinski definition) is 3. The van der Waals surface area contributed by atoms with Crippen LogP contribution in [0.1, 0.15) is 24.9 Å². The van der Waals surface area contributed by atoms with Gasteiger partial charge in [-0.2, -0.15) is 0 Å². The summed E-state index contributed by atoms with van der Waals surface area (Å²) in [6, 6.07) is 10.7. The van der Waals surface area contributed by atoms with Gasteiger partial charge in [0.25, 0.3) is 0 Å². The van der Waals surface area contributed by atoms with Crippen molar-refractivity contribution < 1.29 is 9.59 Å². The number of carbonyl (C=O) groups excluding carboxylic acids is 2. The second kappa shape index (κ2) is 7.01. The molecule has 0 saturated carbocycles. The highest BCUT2D eigenvalue weighted by molar-refractivity contribution is 6.30. The smallest absolute Gasteiger partial charge is 0.227 e. The van der Waals surface area contributed by atoms with E-state index in [1.807, 2.05) is 25.1 Å². The van der Waals surface area contributed by atoms with Gasteiger partial charge in [0.1, 0.15) is 0 Å². The minimum atomic E-state index is -0.360. The van der Waals surface area contributed by atoms with Gasteiger partial charge in [0, 0.05) is 36.1 Å². The lowest BCUT2D eigenvalue weighted by molar-refractivity contribution is -0.126. The summed E-state index contributed by atoms with van der Waals surface area (Å²) in [5.41, 5.74) is 1.71. The summed E-state index contributed by atoms with van der Waals surface area (Å²) < 4.78 is 0. The fraction of sp³-hybridized carbons (Fsp3) is 0.278. The number of nitrogens with one attached hydrogen (secondary N) is 1. The molecular weight excluding hydrogens is 326 g/mol. The third-order valence-electron chi connectivity index (χ3n) is 4.18. The van der Waals surface area contributed by atoms with Crippen molar-refractivity contribution in [3.63, 3.8) is 0 Å². The van der Waals surface area contributed by atoms with Crippen LogP contribution < -0.4 is 10.2 Å². The number of nitrogens with zero attached hydrogens (tertiary/aromatic N) is 2. The normalized spacial score (nSPS) is 18.5. The van der Waals surface area contributed by atoms with Crippen molar-refractivity contribution >= 4 is 29.1 Å². The van der Waals surface area contributed by atoms with Crippen molar-refractivity contribution in [1.29, 1.82) is 0 Å². The average Bonchev–Trinajstić information content (AvgIpc) is 2.97. The third kappa shape index (κ3) is 3.57. The van der Waals surface area contributed by atoms with Crippen LogP contribution in [0.15, 0.2) is 48.8 Å². The van der Waals surface area contributed by atoms with E-state index < -0.39 is 0 Å². The van der Waals surface area contributed by atoms with Crippen molar-refractivity contribution in [3.8, 4) is 0 Å². The summed E-state index contributed by atoms with van der Waals surface area (Å²) in [5, 5.41) is 3.54. The van der Waals surface area contributed by atoms with Gasteiger partial charge in [-0.15, -0.1) is 0 Å². The van der Waals surface area contributed by atoms with E-state index in [1.165, 1.54) is 0 Å². The molecule has 1 fully saturated rings. The largest absolute Gasteiger partial charge is 0.349 e. The van der Waals surface area contributed by atoms with Gasteiger partial charge in [0.15, 0.2) is 0 Å². The fourth-order valence-corrected chi connectivity index (χ4v) is 3.03. The SMILES string of the molecule is C[C@@H](NC(=O)[C@@H]1CC(=O)N(c2cccc(Cl)c2)C1)c1ccncc1. The van der Waals surface area contributed by atoms with E-state index in [4.69, 9.17) is 11.6 Å². The first-order chi connectivity index (χ1) is 11.5. The molecule has 2 amide bonds. The first kappa shape index (κ1) is 16.5. The van der Waals surface area contributed by atoms with Gasteiger partial charge >= 0.3 is 0 Å². The fourth-order valence-electron chi connectivity index (χ4n) is 2.84. The van der Waals surface area contributed by atoms with Gasteiger partial charge < -0.3 is 10.2 Å². The number of pyridine rings is 1. The minimum Gasteiger partial charge on any atom is -0.349 e. The van der Waals surface area contributed by atoms with E-state index in [9.17, 15) is 9.59 Å². The molecule has 1 saturated heterocycles. The molecule has 0 radical (unpaired) electrons. The molecule has 1 aromatic heterocycles. The Kier molecular flexibility index (Phi) is 4.81. The van der Waals surface area contributed by atoms with Gasteiger partial charge in [-0.3, -0.25) is 14.6 Å². The Morgan fingerprint density at radius 3 is 2.79 bits per heavy atom. The molecule has 2 heterocycles. The predicted octanol–water partition coefficient (Wildman–Crippen LogP) is 2.97. The second-order valence-corrected chi connectivity index (χ2v) is 6.33. The van der Waals surface area contributed by atoms with E-state index in [-0.39, 0.29) is 30.2 Å². The second-order valence-electron chi connectivity index (χ2n) is 5.90. The Balaban J connectivity index is 1.66. The summed E-state index contributed by atoms with van der Waals surface area (Å²) in [6.07, 6.45) is 3.59. The van der Waals surface area contributed by atoms with Crippen molar-refractivity contribution in [2.45, 2.75) is 19.4 Å². The van der Waals surface area contributed by atoms with Crippen molar-refractivity contribution in [2.24, 2.45) is 5.92 Å². The molecule has 0 aliphatic carbocycles. The molecular formula is C18H18ClN3O2. The lowest BCUT2D eigenvalue weighted by Gasteiger charge is -2.19. The highest BCUT2D eigenvalue weighted by atomic mass is 35.5. The molecule has 6 heteroatoms. The molecule has 0 bridgehead atoms. The zero-order chi connectivity index (χ0) is 17.1. The van der Waals surface area contributed by atoms with Crippen LogP contribution in [0.3, 0.4) is 0 Å². The Morgan fingerprint density at radius 2 is 2.08 bits per heavy atom. The van der Waals surface area contributed by atoms with Gasteiger partial charge in [-0.25, -0.2) is 0 Å². The van der Waals surface area contributed by atoms with Gasteiger partial charge in [-0.1, -0.05) is 17.7 Å². The van der Waals surface area contributed by atoms with Crippen molar-refractivity contribution in [1.82, 2.24) is 10.3 Å². The van der Waals surface area contributed by atoms with Crippen LogP contribution in [0.2, 0.25) is 5.02 Å². The summed E-state index contributed by atoms with van der Waals surface area (Å²) in [5.74, 6) is -0.535. The topological polar surface area (TPSA) is 62.3 Å². The van der Waals surface area contributed by atoms with Gasteiger partial charge in [0.05, 0.1) is 12.0 Å². The lowest BCUT2D eigenvalue weighted by Crippen LogP contribution is -2.34. The molecule has 124 valence electrons. The number of carbonyl (C=O) groups is 2. The standard InChI is InChI=1S/C18H18ClN3O2/c1-12(13-5-7-20-8-6-13)21-18(24)14-9-17(23)22(11-14)16-4-2-3-15(19)10-16/h2-8,10,12,14H,9,11H2,1H3,(H,21,24)/t12-,14-/m1/s1. The summed E-state index contributed by atoms with van der Waals surface area (Å²) >= 11 is 5.98. The van der Waals surface area contributed by atoms with Crippen LogP contribution in [-0.4, -0.2) is 23.3 Å².